The molecule has 0 fully saturated rings. The highest BCUT2D eigenvalue weighted by Crippen LogP contribution is 2.32. The van der Waals surface area contributed by atoms with Crippen molar-refractivity contribution in [2.24, 2.45) is 0 Å². The smallest absolute Gasteiger partial charge is 0.339 e. The summed E-state index contributed by atoms with van der Waals surface area (Å²) in [6, 6.07) is 10.9. The van der Waals surface area contributed by atoms with E-state index < -0.39 is 18.0 Å². The third-order valence-electron chi connectivity index (χ3n) is 5.93. The molecule has 172 valence electrons. The van der Waals surface area contributed by atoms with Gasteiger partial charge >= 0.3 is 5.97 Å². The molecule has 7 heteroatoms. The van der Waals surface area contributed by atoms with Crippen molar-refractivity contribution >= 4 is 28.5 Å². The number of nitrogens with one attached hydrogen (secondary N) is 1. The number of ether oxygens (including phenoxy) is 3. The number of anilines is 1. The molecule has 4 rings (SSSR count). The number of hydrogen-bond donors (Lipinski definition) is 1. The number of pyridine rings is 1. The summed E-state index contributed by atoms with van der Waals surface area (Å²) >= 11 is 0. The number of aryl methyl sites for hydroxylation is 2. The van der Waals surface area contributed by atoms with Gasteiger partial charge in [-0.2, -0.15) is 0 Å². The zero-order valence-corrected chi connectivity index (χ0v) is 19.4. The Morgan fingerprint density at radius 2 is 1.76 bits per heavy atom. The van der Waals surface area contributed by atoms with Crippen molar-refractivity contribution in [3.05, 3.63) is 58.8 Å². The molecule has 0 saturated heterocycles. The number of carbonyl (C=O) groups excluding carboxylic acids is 2. The molecular formula is C26H28N2O5. The van der Waals surface area contributed by atoms with E-state index in [4.69, 9.17) is 19.2 Å². The van der Waals surface area contributed by atoms with Crippen molar-refractivity contribution in [1.82, 2.24) is 4.98 Å². The molecular weight excluding hydrogens is 420 g/mol. The molecule has 1 atom stereocenters. The Morgan fingerprint density at radius 3 is 2.52 bits per heavy atom. The number of fused-ring (bicyclic) bond motifs is 2. The van der Waals surface area contributed by atoms with Gasteiger partial charge in [0.25, 0.3) is 5.91 Å². The molecule has 1 aromatic heterocycles. The van der Waals surface area contributed by atoms with Crippen LogP contribution in [-0.2, 0) is 22.4 Å². The predicted octanol–water partition coefficient (Wildman–Crippen LogP) is 4.62. The molecule has 1 unspecified atom stereocenters. The fourth-order valence-electron chi connectivity index (χ4n) is 4.20. The van der Waals surface area contributed by atoms with Gasteiger partial charge in [0.2, 0.25) is 0 Å². The number of aromatic nitrogens is 1. The van der Waals surface area contributed by atoms with E-state index in [-0.39, 0.29) is 0 Å². The van der Waals surface area contributed by atoms with Gasteiger partial charge < -0.3 is 19.5 Å². The van der Waals surface area contributed by atoms with Crippen LogP contribution in [-0.4, -0.2) is 37.2 Å². The van der Waals surface area contributed by atoms with Crippen LogP contribution in [0.2, 0.25) is 0 Å². The minimum Gasteiger partial charge on any atom is -0.493 e. The number of nitrogens with zero attached hydrogens (tertiary/aromatic N) is 1. The van der Waals surface area contributed by atoms with Crippen LogP contribution in [0.25, 0.3) is 10.9 Å². The van der Waals surface area contributed by atoms with Crippen molar-refractivity contribution in [3.8, 4) is 11.5 Å². The lowest BCUT2D eigenvalue weighted by Gasteiger charge is -2.21. The van der Waals surface area contributed by atoms with Crippen molar-refractivity contribution in [2.75, 3.05) is 19.5 Å². The number of benzene rings is 2. The summed E-state index contributed by atoms with van der Waals surface area (Å²) in [6.45, 7) is 3.54. The first-order valence-electron chi connectivity index (χ1n) is 11.1. The van der Waals surface area contributed by atoms with E-state index in [0.717, 1.165) is 53.4 Å². The van der Waals surface area contributed by atoms with E-state index in [1.807, 2.05) is 25.1 Å². The van der Waals surface area contributed by atoms with E-state index in [0.29, 0.717) is 22.7 Å². The Bertz CT molecular complexity index is 1220. The van der Waals surface area contributed by atoms with Crippen LogP contribution in [0.15, 0.2) is 36.4 Å². The quantitative estimate of drug-likeness (QED) is 0.554. The standard InChI is InChI=1S/C26H28N2O5/c1-15-9-11-21-19(13-15)24(18-7-5-6-8-20(18)28-21)26(30)33-16(2)25(29)27-17-10-12-22(31-3)23(14-17)32-4/h9-14,16H,5-8H2,1-4H3,(H,27,29). The van der Waals surface area contributed by atoms with Crippen LogP contribution in [0.5, 0.6) is 11.5 Å². The second kappa shape index (κ2) is 9.48. The highest BCUT2D eigenvalue weighted by molar-refractivity contribution is 6.06. The highest BCUT2D eigenvalue weighted by Gasteiger charge is 2.27. The van der Waals surface area contributed by atoms with Gasteiger partial charge in [-0.15, -0.1) is 0 Å². The second-order valence-corrected chi connectivity index (χ2v) is 8.25. The van der Waals surface area contributed by atoms with Gasteiger partial charge in [0.05, 0.1) is 25.3 Å². The third-order valence-corrected chi connectivity index (χ3v) is 5.93. The summed E-state index contributed by atoms with van der Waals surface area (Å²) in [5.74, 6) is 0.116. The van der Waals surface area contributed by atoms with Crippen molar-refractivity contribution < 1.29 is 23.8 Å². The van der Waals surface area contributed by atoms with Crippen LogP contribution in [0.4, 0.5) is 5.69 Å². The van der Waals surface area contributed by atoms with E-state index in [1.54, 1.807) is 32.2 Å². The molecule has 0 spiro atoms. The van der Waals surface area contributed by atoms with Crippen molar-refractivity contribution in [2.45, 2.75) is 45.6 Å². The summed E-state index contributed by atoms with van der Waals surface area (Å²) in [6.07, 6.45) is 2.69. The van der Waals surface area contributed by atoms with E-state index >= 15 is 0 Å². The van der Waals surface area contributed by atoms with E-state index in [1.165, 1.54) is 7.11 Å². The lowest BCUT2D eigenvalue weighted by atomic mass is 9.89. The summed E-state index contributed by atoms with van der Waals surface area (Å²) in [5, 5.41) is 3.54. The Kier molecular flexibility index (Phi) is 6.49. The molecule has 1 aliphatic rings. The molecule has 0 saturated carbocycles. The molecule has 1 N–H and O–H groups in total. The molecule has 7 nitrogen and oxygen atoms in total. The predicted molar refractivity (Wildman–Crippen MR) is 126 cm³/mol. The maximum atomic E-state index is 13.3. The topological polar surface area (TPSA) is 86.8 Å². The lowest BCUT2D eigenvalue weighted by molar-refractivity contribution is -0.123. The maximum Gasteiger partial charge on any atom is 0.339 e. The van der Waals surface area contributed by atoms with Crippen LogP contribution < -0.4 is 14.8 Å². The van der Waals surface area contributed by atoms with Gasteiger partial charge in [-0.3, -0.25) is 9.78 Å². The average molecular weight is 449 g/mol. The summed E-state index contributed by atoms with van der Waals surface area (Å²) in [4.78, 5) is 30.9. The summed E-state index contributed by atoms with van der Waals surface area (Å²) in [5.41, 5.74) is 4.75. The molecule has 0 radical (unpaired) electrons. The molecule has 0 bridgehead atoms. The fraction of sp³-hybridized carbons (Fsp3) is 0.346. The molecule has 1 heterocycles. The van der Waals surface area contributed by atoms with Crippen LogP contribution in [0.1, 0.15) is 46.9 Å². The van der Waals surface area contributed by atoms with E-state index in [2.05, 4.69) is 5.32 Å². The number of rotatable bonds is 6. The average Bonchev–Trinajstić information content (AvgIpc) is 2.82. The van der Waals surface area contributed by atoms with Crippen LogP contribution in [0, 0.1) is 6.92 Å². The first kappa shape index (κ1) is 22.6. The fourth-order valence-corrected chi connectivity index (χ4v) is 4.20. The van der Waals surface area contributed by atoms with Crippen molar-refractivity contribution in [3.63, 3.8) is 0 Å². The van der Waals surface area contributed by atoms with Gasteiger partial charge in [0, 0.05) is 22.8 Å². The molecule has 1 aliphatic carbocycles. The van der Waals surface area contributed by atoms with Gasteiger partial charge in [0.15, 0.2) is 17.6 Å². The number of hydrogen-bond acceptors (Lipinski definition) is 6. The van der Waals surface area contributed by atoms with Gasteiger partial charge in [-0.25, -0.2) is 4.79 Å². The lowest BCUT2D eigenvalue weighted by Crippen LogP contribution is -2.30. The minimum absolute atomic E-state index is 0.432. The molecule has 1 amide bonds. The first-order valence-corrected chi connectivity index (χ1v) is 11.1. The zero-order valence-electron chi connectivity index (χ0n) is 19.4. The minimum atomic E-state index is -0.988. The Balaban J connectivity index is 1.58. The van der Waals surface area contributed by atoms with Crippen LogP contribution in [0.3, 0.4) is 0 Å². The summed E-state index contributed by atoms with van der Waals surface area (Å²) in [7, 11) is 3.07. The second-order valence-electron chi connectivity index (χ2n) is 8.25. The van der Waals surface area contributed by atoms with Gasteiger partial charge in [0.1, 0.15) is 0 Å². The Hall–Kier alpha value is -3.61. The zero-order chi connectivity index (χ0) is 23.5. The molecule has 0 aliphatic heterocycles. The SMILES string of the molecule is COc1ccc(NC(=O)C(C)OC(=O)c2c3c(nc4ccc(C)cc24)CCCC3)cc1OC. The number of methoxy groups -OCH3 is 2. The monoisotopic (exact) mass is 448 g/mol. The van der Waals surface area contributed by atoms with E-state index in [9.17, 15) is 9.59 Å². The Labute approximate surface area is 193 Å². The Morgan fingerprint density at radius 1 is 1.00 bits per heavy atom. The first-order chi connectivity index (χ1) is 15.9. The van der Waals surface area contributed by atoms with Crippen molar-refractivity contribution in [1.29, 1.82) is 0 Å². The maximum absolute atomic E-state index is 13.3. The number of amides is 1. The largest absolute Gasteiger partial charge is 0.493 e. The highest BCUT2D eigenvalue weighted by atomic mass is 16.5. The molecule has 2 aromatic carbocycles. The third kappa shape index (κ3) is 4.62. The van der Waals surface area contributed by atoms with Gasteiger partial charge in [-0.05, 0) is 69.4 Å². The molecule has 3 aromatic rings. The summed E-state index contributed by atoms with van der Waals surface area (Å²) < 4.78 is 16.2. The normalized spacial score (nSPS) is 13.7. The number of esters is 1. The number of carbonyl (C=O) groups is 2. The van der Waals surface area contributed by atoms with Crippen LogP contribution >= 0.6 is 0 Å². The van der Waals surface area contributed by atoms with Gasteiger partial charge in [-0.1, -0.05) is 11.6 Å². The molecule has 33 heavy (non-hydrogen) atoms.